The van der Waals surface area contributed by atoms with Crippen LogP contribution in [0.2, 0.25) is 0 Å². The number of Topliss-reactive ketones (excluding diaryl/α,β-unsaturated/α-hetero) is 1. The fraction of sp³-hybridized carbons (Fsp3) is 0.417. The number of fused-ring (bicyclic) bond motifs is 2. The molecule has 0 bridgehead atoms. The predicted octanol–water partition coefficient (Wildman–Crippen LogP) is 8.47. The van der Waals surface area contributed by atoms with Crippen LogP contribution in [-0.2, 0) is 34.1 Å². The molecule has 3 aromatic rings. The molecule has 11 heteroatoms. The number of amides is 2. The molecule has 2 heterocycles. The second-order valence-electron chi connectivity index (χ2n) is 12.1. The molecule has 9 nitrogen and oxygen atoms in total. The van der Waals surface area contributed by atoms with Crippen molar-refractivity contribution >= 4 is 29.0 Å². The molecule has 7 rings (SSSR count). The number of ether oxygens (including phenoxy) is 1. The first-order valence-corrected chi connectivity index (χ1v) is 16.2. The van der Waals surface area contributed by atoms with E-state index in [1.165, 1.54) is 55.4 Å². The van der Waals surface area contributed by atoms with Crippen molar-refractivity contribution in [1.29, 1.82) is 0 Å². The van der Waals surface area contributed by atoms with Gasteiger partial charge in [0.1, 0.15) is 11.4 Å². The third-order valence-electron chi connectivity index (χ3n) is 9.32. The van der Waals surface area contributed by atoms with Gasteiger partial charge in [-0.1, -0.05) is 70.6 Å². The fourth-order valence-corrected chi connectivity index (χ4v) is 6.88. The fourth-order valence-electron chi connectivity index (χ4n) is 6.88. The average Bonchev–Trinajstić information content (AvgIpc) is 3.90. The second kappa shape index (κ2) is 16.1. The van der Waals surface area contributed by atoms with Crippen LogP contribution in [0.1, 0.15) is 133 Å². The van der Waals surface area contributed by atoms with E-state index in [0.717, 1.165) is 31.2 Å². The molecule has 1 aromatic heterocycles. The zero-order valence-electron chi connectivity index (χ0n) is 26.5. The summed E-state index contributed by atoms with van der Waals surface area (Å²) >= 11 is 0. The zero-order valence-corrected chi connectivity index (χ0v) is 28.5. The molecule has 0 N–H and O–H groups in total. The smallest absolute Gasteiger partial charge is 0.870 e. The monoisotopic (exact) mass is 727 g/mol. The van der Waals surface area contributed by atoms with Crippen molar-refractivity contribution < 1.29 is 62.8 Å². The molecule has 0 unspecified atom stereocenters. The minimum atomic E-state index is -0.589. The van der Waals surface area contributed by atoms with Crippen molar-refractivity contribution in [2.24, 2.45) is 10.2 Å². The van der Waals surface area contributed by atoms with Gasteiger partial charge in [-0.25, -0.2) is 0 Å². The van der Waals surface area contributed by atoms with Gasteiger partial charge in [0.15, 0.2) is 0 Å². The van der Waals surface area contributed by atoms with Crippen LogP contribution in [0.4, 0.5) is 5.69 Å². The van der Waals surface area contributed by atoms with Gasteiger partial charge in [0.25, 0.3) is 17.8 Å². The van der Waals surface area contributed by atoms with E-state index < -0.39 is 17.4 Å². The van der Waals surface area contributed by atoms with E-state index in [1.807, 2.05) is 19.9 Å². The first kappa shape index (κ1) is 36.3. The summed E-state index contributed by atoms with van der Waals surface area (Å²) in [5, 5.41) is 21.4. The van der Waals surface area contributed by atoms with E-state index in [4.69, 9.17) is 9.15 Å². The molecule has 2 fully saturated rings. The average molecular weight is 728 g/mol. The van der Waals surface area contributed by atoms with Crippen molar-refractivity contribution in [3.8, 4) is 11.7 Å². The standard InChI is InChI=1S/C31H29N3O6.C5H10.Cu.Fe/c1-3-18(4-2)34-30(37)25-20(17-8-5-6-9-17)13-14-23(26(25)31(34)38)32-33-27-28(35)21-12-11-19(16-22(21)29(27)36)40-24-10-7-15-39-24;1-2-4-5-3-1;;/h7,10-18,36H,3-6,8-9H2,1-2H3;1-5H2;;/q;;+2;/p-1. The van der Waals surface area contributed by atoms with E-state index in [0.29, 0.717) is 24.2 Å². The number of rotatable bonds is 8. The largest absolute Gasteiger partial charge is 2.00 e. The molecule has 251 valence electrons. The van der Waals surface area contributed by atoms with Crippen LogP contribution in [-0.4, -0.2) is 28.5 Å². The molecule has 0 saturated heterocycles. The minimum absolute atomic E-state index is 0. The third kappa shape index (κ3) is 7.19. The Morgan fingerprint density at radius 2 is 1.53 bits per heavy atom. The summed E-state index contributed by atoms with van der Waals surface area (Å²) in [7, 11) is 0. The van der Waals surface area contributed by atoms with E-state index in [2.05, 4.69) is 10.2 Å². The van der Waals surface area contributed by atoms with Gasteiger partial charge in [-0.15, -0.1) is 10.2 Å². The first-order chi connectivity index (χ1) is 21.9. The number of nitrogens with zero attached hydrogens (tertiary/aromatic N) is 3. The Balaban J connectivity index is 0.000000655. The van der Waals surface area contributed by atoms with E-state index in [1.54, 1.807) is 24.3 Å². The van der Waals surface area contributed by atoms with E-state index in [9.17, 15) is 19.5 Å². The molecular formula is C36H38CuFeN3O6+. The number of ketones is 1. The second-order valence-corrected chi connectivity index (χ2v) is 12.1. The van der Waals surface area contributed by atoms with Gasteiger partial charge < -0.3 is 14.3 Å². The summed E-state index contributed by atoms with van der Waals surface area (Å²) in [4.78, 5) is 41.7. The van der Waals surface area contributed by atoms with Crippen molar-refractivity contribution in [2.75, 3.05) is 0 Å². The molecule has 2 aromatic carbocycles. The van der Waals surface area contributed by atoms with Crippen LogP contribution in [0, 0.1) is 0 Å². The normalized spacial score (nSPS) is 17.2. The SMILES string of the molecule is C1CCCC1.CCC(CC)N1C(=O)c2c(N=NC3=C([O-])c4cc(Oc5ccco5)ccc4C3=O)ccc(C3CCCC3)c2C1=O.[Cu+2].[Fe]. The van der Waals surface area contributed by atoms with Crippen molar-refractivity contribution in [3.05, 3.63) is 82.2 Å². The van der Waals surface area contributed by atoms with Crippen molar-refractivity contribution in [1.82, 2.24) is 4.90 Å². The quantitative estimate of drug-likeness (QED) is 0.130. The van der Waals surface area contributed by atoms with Crippen LogP contribution < -0.4 is 9.84 Å². The molecule has 4 aliphatic rings. The molecule has 1 aliphatic heterocycles. The molecule has 0 spiro atoms. The molecular weight excluding hydrogens is 690 g/mol. The number of benzene rings is 2. The van der Waals surface area contributed by atoms with Crippen LogP contribution in [0.5, 0.6) is 11.7 Å². The topological polar surface area (TPSA) is 125 Å². The minimum Gasteiger partial charge on any atom is -0.870 e. The molecule has 2 saturated carbocycles. The number of hydrogen-bond acceptors (Lipinski definition) is 8. The first-order valence-electron chi connectivity index (χ1n) is 16.2. The Bertz CT molecular complexity index is 1660. The Morgan fingerprint density at radius 3 is 2.15 bits per heavy atom. The summed E-state index contributed by atoms with van der Waals surface area (Å²) in [6.45, 7) is 3.90. The molecule has 1 radical (unpaired) electrons. The Labute approximate surface area is 296 Å². The van der Waals surface area contributed by atoms with Crippen molar-refractivity contribution in [3.63, 3.8) is 0 Å². The van der Waals surface area contributed by atoms with Crippen LogP contribution >= 0.6 is 0 Å². The Morgan fingerprint density at radius 1 is 0.872 bits per heavy atom. The summed E-state index contributed by atoms with van der Waals surface area (Å²) in [6, 6.07) is 11.1. The maximum absolute atomic E-state index is 13.7. The van der Waals surface area contributed by atoms with Gasteiger partial charge in [0.05, 0.1) is 23.1 Å². The zero-order chi connectivity index (χ0) is 31.5. The summed E-state index contributed by atoms with van der Waals surface area (Å²) < 4.78 is 10.8. The number of azo groups is 1. The third-order valence-corrected chi connectivity index (χ3v) is 9.32. The number of imide groups is 1. The van der Waals surface area contributed by atoms with Gasteiger partial charge in [0.2, 0.25) is 5.78 Å². The summed E-state index contributed by atoms with van der Waals surface area (Å²) in [5.41, 5.74) is 1.62. The van der Waals surface area contributed by atoms with E-state index >= 15 is 0 Å². The number of hydrogen-bond donors (Lipinski definition) is 0. The predicted molar refractivity (Wildman–Crippen MR) is 167 cm³/mol. The van der Waals surface area contributed by atoms with Gasteiger partial charge in [-0.05, 0) is 73.1 Å². The molecule has 2 amide bonds. The van der Waals surface area contributed by atoms with Crippen molar-refractivity contribution in [2.45, 2.75) is 96.4 Å². The molecule has 3 aliphatic carbocycles. The Kier molecular flexibility index (Phi) is 12.4. The summed E-state index contributed by atoms with van der Waals surface area (Å²) in [5.74, 6) is -1.07. The van der Waals surface area contributed by atoms with E-state index in [-0.39, 0.29) is 86.0 Å². The summed E-state index contributed by atoms with van der Waals surface area (Å²) in [6.07, 6.45) is 14.3. The maximum Gasteiger partial charge on any atom is 2.00 e. The van der Waals surface area contributed by atoms with Gasteiger partial charge >= 0.3 is 17.1 Å². The number of carbonyl (C=O) groups excluding carboxylic acids is 3. The van der Waals surface area contributed by atoms with Crippen LogP contribution in [0.15, 0.2) is 69.1 Å². The molecule has 0 atom stereocenters. The Hall–Kier alpha value is -3.49. The maximum atomic E-state index is 13.7. The molecule has 47 heavy (non-hydrogen) atoms. The van der Waals surface area contributed by atoms with Gasteiger partial charge in [-0.3, -0.25) is 19.3 Å². The number of allylic oxidation sites excluding steroid dienone is 1. The van der Waals surface area contributed by atoms with Crippen LogP contribution in [0.3, 0.4) is 0 Å². The van der Waals surface area contributed by atoms with Gasteiger partial charge in [-0.2, -0.15) is 0 Å². The van der Waals surface area contributed by atoms with Gasteiger partial charge in [0, 0.05) is 34.7 Å². The number of carbonyl (C=O) groups is 3. The van der Waals surface area contributed by atoms with Crippen LogP contribution in [0.25, 0.3) is 5.76 Å². The number of furan rings is 1.